The van der Waals surface area contributed by atoms with Crippen LogP contribution in [0.5, 0.6) is 5.75 Å². The average Bonchev–Trinajstić information content (AvgIpc) is 2.34. The third kappa shape index (κ3) is 3.95. The maximum atomic E-state index is 13.4. The Kier molecular flexibility index (Phi) is 5.30. The number of rotatable bonds is 6. The minimum Gasteiger partial charge on any atom is -0.432 e. The van der Waals surface area contributed by atoms with Gasteiger partial charge < -0.3 is 15.4 Å². The van der Waals surface area contributed by atoms with Crippen molar-refractivity contribution >= 4 is 11.4 Å². The van der Waals surface area contributed by atoms with Gasteiger partial charge in [-0.25, -0.2) is 4.39 Å². The fraction of sp³-hybridized carbons (Fsp3) is 0.417. The first kappa shape index (κ1) is 15.0. The lowest BCUT2D eigenvalue weighted by molar-refractivity contribution is -0.0521. The average molecular weight is 273 g/mol. The van der Waals surface area contributed by atoms with E-state index in [0.717, 1.165) is 12.1 Å². The van der Waals surface area contributed by atoms with Crippen molar-refractivity contribution in [2.75, 3.05) is 23.7 Å². The van der Waals surface area contributed by atoms with Crippen molar-refractivity contribution in [1.82, 2.24) is 0 Å². The number of nitriles is 1. The Morgan fingerprint density at radius 2 is 2.16 bits per heavy atom. The van der Waals surface area contributed by atoms with Gasteiger partial charge in [0, 0.05) is 25.2 Å². The first-order valence-corrected chi connectivity index (χ1v) is 5.65. The summed E-state index contributed by atoms with van der Waals surface area (Å²) in [5.74, 6) is -1.51. The molecule has 1 aromatic carbocycles. The molecule has 1 rings (SSSR count). The minimum atomic E-state index is -3.11. The molecule has 0 saturated carbocycles. The Hall–Kier alpha value is -2.10. The summed E-state index contributed by atoms with van der Waals surface area (Å²) in [5.41, 5.74) is 6.14. The van der Waals surface area contributed by atoms with E-state index in [-0.39, 0.29) is 12.1 Å². The summed E-state index contributed by atoms with van der Waals surface area (Å²) in [7, 11) is 0. The molecule has 2 N–H and O–H groups in total. The van der Waals surface area contributed by atoms with E-state index in [4.69, 9.17) is 11.0 Å². The van der Waals surface area contributed by atoms with Gasteiger partial charge in [-0.2, -0.15) is 14.0 Å². The molecule has 0 aliphatic carbocycles. The number of benzene rings is 1. The number of alkyl halides is 2. The van der Waals surface area contributed by atoms with Gasteiger partial charge in [-0.15, -0.1) is 0 Å². The van der Waals surface area contributed by atoms with Crippen LogP contribution in [0, 0.1) is 17.1 Å². The Morgan fingerprint density at radius 1 is 1.47 bits per heavy atom. The van der Waals surface area contributed by atoms with Crippen molar-refractivity contribution in [3.05, 3.63) is 17.9 Å². The summed E-state index contributed by atoms with van der Waals surface area (Å²) in [6.07, 6.45) is 0.246. The fourth-order valence-electron chi connectivity index (χ4n) is 1.65. The number of anilines is 2. The van der Waals surface area contributed by atoms with Crippen molar-refractivity contribution in [2.24, 2.45) is 0 Å². The van der Waals surface area contributed by atoms with E-state index in [1.54, 1.807) is 4.90 Å². The van der Waals surface area contributed by atoms with E-state index in [0.29, 0.717) is 18.8 Å². The Bertz CT molecular complexity index is 474. The van der Waals surface area contributed by atoms with Gasteiger partial charge in [0.1, 0.15) is 0 Å². The van der Waals surface area contributed by atoms with Crippen LogP contribution < -0.4 is 15.4 Å². The zero-order valence-corrected chi connectivity index (χ0v) is 10.4. The van der Waals surface area contributed by atoms with Crippen LogP contribution in [0.4, 0.5) is 24.5 Å². The maximum Gasteiger partial charge on any atom is 0.387 e. The Balaban J connectivity index is 3.08. The van der Waals surface area contributed by atoms with E-state index < -0.39 is 18.2 Å². The molecule has 0 spiro atoms. The van der Waals surface area contributed by atoms with Crippen molar-refractivity contribution in [3.63, 3.8) is 0 Å². The largest absolute Gasteiger partial charge is 0.432 e. The van der Waals surface area contributed by atoms with Crippen LogP contribution in [0.2, 0.25) is 0 Å². The molecule has 4 nitrogen and oxygen atoms in total. The zero-order chi connectivity index (χ0) is 14.4. The van der Waals surface area contributed by atoms with E-state index in [9.17, 15) is 13.2 Å². The van der Waals surface area contributed by atoms with Crippen molar-refractivity contribution in [2.45, 2.75) is 20.0 Å². The molecule has 104 valence electrons. The molecule has 0 unspecified atom stereocenters. The topological polar surface area (TPSA) is 62.3 Å². The van der Waals surface area contributed by atoms with Crippen LogP contribution in [0.1, 0.15) is 13.3 Å². The van der Waals surface area contributed by atoms with Gasteiger partial charge in [0.15, 0.2) is 11.6 Å². The lowest BCUT2D eigenvalue weighted by atomic mass is 10.2. The molecule has 0 fully saturated rings. The number of halogens is 3. The number of nitrogen functional groups attached to an aromatic ring is 1. The molecule has 1 aromatic rings. The van der Waals surface area contributed by atoms with Crippen molar-refractivity contribution in [1.29, 1.82) is 5.26 Å². The second-order valence-corrected chi connectivity index (χ2v) is 3.71. The van der Waals surface area contributed by atoms with Gasteiger partial charge in [0.05, 0.1) is 23.9 Å². The zero-order valence-electron chi connectivity index (χ0n) is 10.4. The molecule has 0 heterocycles. The number of hydrogen-bond acceptors (Lipinski definition) is 4. The summed E-state index contributed by atoms with van der Waals surface area (Å²) < 4.78 is 41.8. The number of nitrogens with two attached hydrogens (primary N) is 1. The molecular formula is C12H14F3N3O. The lowest BCUT2D eigenvalue weighted by Crippen LogP contribution is -2.25. The number of hydrogen-bond donors (Lipinski definition) is 1. The molecule has 0 radical (unpaired) electrons. The van der Waals surface area contributed by atoms with Gasteiger partial charge in [0.2, 0.25) is 0 Å². The first-order chi connectivity index (χ1) is 8.99. The highest BCUT2D eigenvalue weighted by molar-refractivity contribution is 5.70. The minimum absolute atomic E-state index is 0.110. The summed E-state index contributed by atoms with van der Waals surface area (Å²) in [4.78, 5) is 1.69. The first-order valence-electron chi connectivity index (χ1n) is 5.65. The molecule has 0 aliphatic heterocycles. The van der Waals surface area contributed by atoms with Gasteiger partial charge >= 0.3 is 6.61 Å². The highest BCUT2D eigenvalue weighted by Gasteiger charge is 2.16. The molecular weight excluding hydrogens is 259 g/mol. The summed E-state index contributed by atoms with van der Waals surface area (Å²) in [6, 6.07) is 4.03. The second-order valence-electron chi connectivity index (χ2n) is 3.71. The molecule has 7 heteroatoms. The Morgan fingerprint density at radius 3 is 2.68 bits per heavy atom. The third-order valence-electron chi connectivity index (χ3n) is 2.51. The third-order valence-corrected chi connectivity index (χ3v) is 2.51. The predicted octanol–water partition coefficient (Wildman–Crippen LogP) is 2.75. The molecule has 0 amide bonds. The van der Waals surface area contributed by atoms with Gasteiger partial charge in [-0.3, -0.25) is 0 Å². The summed E-state index contributed by atoms with van der Waals surface area (Å²) in [6.45, 7) is -0.420. The van der Waals surface area contributed by atoms with Crippen molar-refractivity contribution < 1.29 is 17.9 Å². The number of ether oxygens (including phenoxy) is 1. The van der Waals surface area contributed by atoms with Crippen LogP contribution >= 0.6 is 0 Å². The fourth-order valence-corrected chi connectivity index (χ4v) is 1.65. The van der Waals surface area contributed by atoms with Crippen LogP contribution in [-0.4, -0.2) is 19.7 Å². The number of nitrogens with zero attached hydrogens (tertiary/aromatic N) is 2. The highest BCUT2D eigenvalue weighted by Crippen LogP contribution is 2.32. The standard InChI is InChI=1S/C12H14F3N3O/c1-2-18(5-3-4-16)10-7-11(19-12(14)15)8(13)6-9(10)17/h6-7,12H,2-3,5,17H2,1H3. The molecule has 0 saturated heterocycles. The van der Waals surface area contributed by atoms with Crippen LogP contribution in [0.15, 0.2) is 12.1 Å². The van der Waals surface area contributed by atoms with Gasteiger partial charge in [-0.05, 0) is 6.92 Å². The van der Waals surface area contributed by atoms with E-state index in [1.807, 2.05) is 13.0 Å². The SMILES string of the molecule is CCN(CCC#N)c1cc(OC(F)F)c(F)cc1N. The van der Waals surface area contributed by atoms with E-state index in [1.165, 1.54) is 0 Å². The Labute approximate surface area is 109 Å². The lowest BCUT2D eigenvalue weighted by Gasteiger charge is -2.24. The van der Waals surface area contributed by atoms with E-state index >= 15 is 0 Å². The smallest absolute Gasteiger partial charge is 0.387 e. The van der Waals surface area contributed by atoms with Crippen LogP contribution in [0.3, 0.4) is 0 Å². The van der Waals surface area contributed by atoms with E-state index in [2.05, 4.69) is 4.74 Å². The highest BCUT2D eigenvalue weighted by atomic mass is 19.3. The molecule has 0 aromatic heterocycles. The van der Waals surface area contributed by atoms with Gasteiger partial charge in [-0.1, -0.05) is 0 Å². The van der Waals surface area contributed by atoms with Gasteiger partial charge in [0.25, 0.3) is 0 Å². The molecule has 0 aliphatic rings. The van der Waals surface area contributed by atoms with Crippen LogP contribution in [-0.2, 0) is 0 Å². The normalized spacial score (nSPS) is 10.3. The predicted molar refractivity (Wildman–Crippen MR) is 65.6 cm³/mol. The van der Waals surface area contributed by atoms with Crippen LogP contribution in [0.25, 0.3) is 0 Å². The maximum absolute atomic E-state index is 13.4. The summed E-state index contributed by atoms with van der Waals surface area (Å²) in [5, 5.41) is 8.55. The second kappa shape index (κ2) is 6.73. The molecule has 0 atom stereocenters. The van der Waals surface area contributed by atoms with Crippen molar-refractivity contribution in [3.8, 4) is 11.8 Å². The molecule has 0 bridgehead atoms. The monoisotopic (exact) mass is 273 g/mol. The summed E-state index contributed by atoms with van der Waals surface area (Å²) >= 11 is 0. The quantitative estimate of drug-likeness (QED) is 0.809. The molecule has 19 heavy (non-hydrogen) atoms.